The fourth-order valence-corrected chi connectivity index (χ4v) is 2.84. The first-order valence-corrected chi connectivity index (χ1v) is 7.73. The molecule has 1 aliphatic heterocycles. The van der Waals surface area contributed by atoms with Crippen molar-refractivity contribution < 1.29 is 4.79 Å². The zero-order valence-corrected chi connectivity index (χ0v) is 12.8. The fraction of sp³-hybridized carbons (Fsp3) is 0.933. The zero-order chi connectivity index (χ0) is 14.3. The highest BCUT2D eigenvalue weighted by molar-refractivity contribution is 5.76. The predicted molar refractivity (Wildman–Crippen MR) is 79.9 cm³/mol. The number of nitrogens with two attached hydrogens (primary N) is 1. The van der Waals surface area contributed by atoms with Gasteiger partial charge in [-0.05, 0) is 57.7 Å². The molecular formula is C15H31N3O. The summed E-state index contributed by atoms with van der Waals surface area (Å²) >= 11 is 0. The molecule has 0 spiro atoms. The molecule has 2 atom stereocenters. The van der Waals surface area contributed by atoms with Gasteiger partial charge in [0, 0.05) is 19.0 Å². The Morgan fingerprint density at radius 2 is 1.89 bits per heavy atom. The van der Waals surface area contributed by atoms with Crippen LogP contribution in [-0.4, -0.2) is 43.0 Å². The summed E-state index contributed by atoms with van der Waals surface area (Å²) in [6.07, 6.45) is 4.19. The van der Waals surface area contributed by atoms with E-state index in [2.05, 4.69) is 31.0 Å². The molecule has 1 rings (SSSR count). The van der Waals surface area contributed by atoms with Crippen LogP contribution < -0.4 is 11.1 Å². The maximum atomic E-state index is 11.9. The Morgan fingerprint density at radius 3 is 2.42 bits per heavy atom. The first kappa shape index (κ1) is 16.4. The molecule has 112 valence electrons. The number of hydrogen-bond donors (Lipinski definition) is 2. The van der Waals surface area contributed by atoms with Crippen molar-refractivity contribution in [3.63, 3.8) is 0 Å². The second-order valence-electron chi connectivity index (χ2n) is 6.33. The molecule has 0 saturated carbocycles. The van der Waals surface area contributed by atoms with Crippen molar-refractivity contribution in [1.82, 2.24) is 10.2 Å². The SMILES string of the molecule is CC(C)C[C@H](CN)CC(=O)NCC(C)N1CCCC1. The minimum atomic E-state index is 0.155. The minimum absolute atomic E-state index is 0.155. The number of nitrogens with zero attached hydrogens (tertiary/aromatic N) is 1. The van der Waals surface area contributed by atoms with Crippen LogP contribution in [-0.2, 0) is 4.79 Å². The van der Waals surface area contributed by atoms with E-state index in [9.17, 15) is 4.79 Å². The monoisotopic (exact) mass is 269 g/mol. The predicted octanol–water partition coefficient (Wildman–Crippen LogP) is 1.60. The maximum absolute atomic E-state index is 11.9. The van der Waals surface area contributed by atoms with Crippen molar-refractivity contribution in [3.05, 3.63) is 0 Å². The Kier molecular flexibility index (Phi) is 7.39. The lowest BCUT2D eigenvalue weighted by atomic mass is 9.94. The van der Waals surface area contributed by atoms with Crippen LogP contribution in [0, 0.1) is 11.8 Å². The highest BCUT2D eigenvalue weighted by Crippen LogP contribution is 2.14. The molecule has 3 N–H and O–H groups in total. The van der Waals surface area contributed by atoms with E-state index >= 15 is 0 Å². The van der Waals surface area contributed by atoms with Crippen molar-refractivity contribution >= 4 is 5.91 Å². The van der Waals surface area contributed by atoms with Crippen LogP contribution in [0.1, 0.15) is 46.5 Å². The molecule has 1 fully saturated rings. The van der Waals surface area contributed by atoms with E-state index < -0.39 is 0 Å². The van der Waals surface area contributed by atoms with Crippen LogP contribution in [0.2, 0.25) is 0 Å². The van der Waals surface area contributed by atoms with Crippen molar-refractivity contribution in [2.45, 2.75) is 52.5 Å². The lowest BCUT2D eigenvalue weighted by molar-refractivity contribution is -0.122. The smallest absolute Gasteiger partial charge is 0.220 e. The van der Waals surface area contributed by atoms with E-state index in [-0.39, 0.29) is 5.91 Å². The van der Waals surface area contributed by atoms with Crippen LogP contribution in [0.3, 0.4) is 0 Å². The Hall–Kier alpha value is -0.610. The molecule has 4 nitrogen and oxygen atoms in total. The number of carbonyl (C=O) groups is 1. The number of amides is 1. The van der Waals surface area contributed by atoms with Gasteiger partial charge >= 0.3 is 0 Å². The molecule has 1 saturated heterocycles. The molecule has 0 aliphatic carbocycles. The highest BCUT2D eigenvalue weighted by Gasteiger charge is 2.19. The molecule has 0 bridgehead atoms. The molecule has 0 aromatic heterocycles. The van der Waals surface area contributed by atoms with Gasteiger partial charge in [0.1, 0.15) is 0 Å². The summed E-state index contributed by atoms with van der Waals surface area (Å²) in [5, 5.41) is 3.06. The number of nitrogens with one attached hydrogen (secondary N) is 1. The van der Waals surface area contributed by atoms with Gasteiger partial charge < -0.3 is 11.1 Å². The highest BCUT2D eigenvalue weighted by atomic mass is 16.1. The summed E-state index contributed by atoms with van der Waals surface area (Å²) < 4.78 is 0. The summed E-state index contributed by atoms with van der Waals surface area (Å²) in [7, 11) is 0. The normalized spacial score (nSPS) is 19.6. The third kappa shape index (κ3) is 6.39. The lowest BCUT2D eigenvalue weighted by Crippen LogP contribution is -2.41. The largest absolute Gasteiger partial charge is 0.355 e. The van der Waals surface area contributed by atoms with Crippen LogP contribution in [0.5, 0.6) is 0 Å². The third-order valence-corrected chi connectivity index (χ3v) is 3.97. The number of carbonyl (C=O) groups excluding carboxylic acids is 1. The summed E-state index contributed by atoms with van der Waals surface area (Å²) in [4.78, 5) is 14.4. The van der Waals surface area contributed by atoms with Gasteiger partial charge in [0.2, 0.25) is 5.91 Å². The van der Waals surface area contributed by atoms with Crippen LogP contribution in [0.25, 0.3) is 0 Å². The number of rotatable bonds is 8. The molecule has 1 unspecified atom stereocenters. The minimum Gasteiger partial charge on any atom is -0.355 e. The van der Waals surface area contributed by atoms with Gasteiger partial charge in [-0.2, -0.15) is 0 Å². The summed E-state index contributed by atoms with van der Waals surface area (Å²) in [5.74, 6) is 1.08. The van der Waals surface area contributed by atoms with E-state index in [0.29, 0.717) is 30.8 Å². The van der Waals surface area contributed by atoms with E-state index in [1.54, 1.807) is 0 Å². The van der Waals surface area contributed by atoms with Gasteiger partial charge in [-0.15, -0.1) is 0 Å². The summed E-state index contributed by atoms with van der Waals surface area (Å²) in [6.45, 7) is 10.3. The lowest BCUT2D eigenvalue weighted by Gasteiger charge is -2.24. The molecule has 1 amide bonds. The molecular weight excluding hydrogens is 238 g/mol. The number of likely N-dealkylation sites (tertiary alicyclic amines) is 1. The van der Waals surface area contributed by atoms with Crippen molar-refractivity contribution in [2.75, 3.05) is 26.2 Å². The zero-order valence-electron chi connectivity index (χ0n) is 12.8. The van der Waals surface area contributed by atoms with Crippen LogP contribution in [0.4, 0.5) is 0 Å². The molecule has 0 aromatic carbocycles. The Bertz CT molecular complexity index is 262. The van der Waals surface area contributed by atoms with Gasteiger partial charge in [-0.25, -0.2) is 0 Å². The Morgan fingerprint density at radius 1 is 1.26 bits per heavy atom. The molecule has 0 radical (unpaired) electrons. The van der Waals surface area contributed by atoms with Gasteiger partial charge in [-0.3, -0.25) is 9.69 Å². The van der Waals surface area contributed by atoms with E-state index in [1.807, 2.05) is 0 Å². The Labute approximate surface area is 118 Å². The van der Waals surface area contributed by atoms with E-state index in [0.717, 1.165) is 13.0 Å². The van der Waals surface area contributed by atoms with Crippen molar-refractivity contribution in [1.29, 1.82) is 0 Å². The average Bonchev–Trinajstić information content (AvgIpc) is 2.88. The van der Waals surface area contributed by atoms with Crippen molar-refractivity contribution in [2.24, 2.45) is 17.6 Å². The molecule has 0 aromatic rings. The van der Waals surface area contributed by atoms with Gasteiger partial charge in [0.05, 0.1) is 0 Å². The second kappa shape index (κ2) is 8.54. The molecule has 1 heterocycles. The fourth-order valence-electron chi connectivity index (χ4n) is 2.84. The maximum Gasteiger partial charge on any atom is 0.220 e. The van der Waals surface area contributed by atoms with Crippen LogP contribution in [0.15, 0.2) is 0 Å². The first-order chi connectivity index (χ1) is 9.02. The van der Waals surface area contributed by atoms with Crippen molar-refractivity contribution in [3.8, 4) is 0 Å². The van der Waals surface area contributed by atoms with E-state index in [1.165, 1.54) is 25.9 Å². The van der Waals surface area contributed by atoms with Crippen LogP contribution >= 0.6 is 0 Å². The topological polar surface area (TPSA) is 58.4 Å². The van der Waals surface area contributed by atoms with E-state index in [4.69, 9.17) is 5.73 Å². The Balaban J connectivity index is 2.22. The van der Waals surface area contributed by atoms with Gasteiger partial charge in [-0.1, -0.05) is 13.8 Å². The molecule has 1 aliphatic rings. The standard InChI is InChI=1S/C15H31N3O/c1-12(2)8-14(10-16)9-15(19)17-11-13(3)18-6-4-5-7-18/h12-14H,4-11,16H2,1-3H3,(H,17,19)/t13?,14-/m0/s1. The van der Waals surface area contributed by atoms with Gasteiger partial charge in [0.25, 0.3) is 0 Å². The molecule has 19 heavy (non-hydrogen) atoms. The quantitative estimate of drug-likeness (QED) is 0.703. The van der Waals surface area contributed by atoms with Gasteiger partial charge in [0.15, 0.2) is 0 Å². The average molecular weight is 269 g/mol. The molecule has 4 heteroatoms. The number of hydrogen-bond acceptors (Lipinski definition) is 3. The third-order valence-electron chi connectivity index (χ3n) is 3.97. The first-order valence-electron chi connectivity index (χ1n) is 7.73. The second-order valence-corrected chi connectivity index (χ2v) is 6.33. The summed E-state index contributed by atoms with van der Waals surface area (Å²) in [6, 6.07) is 0.452. The summed E-state index contributed by atoms with van der Waals surface area (Å²) in [5.41, 5.74) is 5.74.